The minimum absolute atomic E-state index is 0.603. The summed E-state index contributed by atoms with van der Waals surface area (Å²) in [6, 6.07) is 3.39. The molecule has 0 N–H and O–H groups in total. The Balaban J connectivity index is 1.57. The van der Waals surface area contributed by atoms with Gasteiger partial charge in [-0.1, -0.05) is 0 Å². The second-order valence-corrected chi connectivity index (χ2v) is 4.90. The molecule has 0 saturated carbocycles. The van der Waals surface area contributed by atoms with Crippen molar-refractivity contribution in [2.75, 3.05) is 26.3 Å². The van der Waals surface area contributed by atoms with Gasteiger partial charge in [-0.3, -0.25) is 9.58 Å². The number of ether oxygens (including phenoxy) is 1. The highest BCUT2D eigenvalue weighted by Crippen LogP contribution is 2.24. The van der Waals surface area contributed by atoms with Crippen molar-refractivity contribution in [1.29, 1.82) is 0 Å². The van der Waals surface area contributed by atoms with Crippen LogP contribution in [0, 0.1) is 6.92 Å². The predicted octanol–water partition coefficient (Wildman–Crippen LogP) is 1.23. The lowest BCUT2D eigenvalue weighted by molar-refractivity contribution is -0.0734. The van der Waals surface area contributed by atoms with Gasteiger partial charge in [0, 0.05) is 19.3 Å². The molecule has 0 radical (unpaired) electrons. The largest absolute Gasteiger partial charge is 0.378 e. The van der Waals surface area contributed by atoms with E-state index in [1.54, 1.807) is 0 Å². The molecule has 0 amide bonds. The first-order chi connectivity index (χ1) is 7.83. The highest BCUT2D eigenvalue weighted by molar-refractivity contribution is 4.97. The number of rotatable bonds is 2. The lowest BCUT2D eigenvalue weighted by atomic mass is 10.0. The molecule has 0 bridgehead atoms. The first-order valence-electron chi connectivity index (χ1n) is 6.16. The minimum Gasteiger partial charge on any atom is -0.378 e. The highest BCUT2D eigenvalue weighted by Gasteiger charge is 2.30. The average Bonchev–Trinajstić information content (AvgIpc) is 2.63. The van der Waals surface area contributed by atoms with Crippen molar-refractivity contribution in [2.45, 2.75) is 31.8 Å². The quantitative estimate of drug-likeness (QED) is 0.752. The summed E-state index contributed by atoms with van der Waals surface area (Å²) in [5.74, 6) is 0. The zero-order valence-electron chi connectivity index (χ0n) is 9.80. The molecule has 16 heavy (non-hydrogen) atoms. The van der Waals surface area contributed by atoms with Gasteiger partial charge in [0.05, 0.1) is 31.0 Å². The molecule has 0 unspecified atom stereocenters. The maximum absolute atomic E-state index is 5.24. The molecule has 1 aromatic heterocycles. The van der Waals surface area contributed by atoms with E-state index in [-0.39, 0.29) is 0 Å². The molecule has 0 spiro atoms. The number of aryl methyl sites for hydroxylation is 1. The maximum Gasteiger partial charge on any atom is 0.0645 e. The lowest BCUT2D eigenvalue weighted by Gasteiger charge is -2.41. The summed E-state index contributed by atoms with van der Waals surface area (Å²) < 4.78 is 7.39. The van der Waals surface area contributed by atoms with Crippen LogP contribution in [0.1, 0.15) is 24.6 Å². The van der Waals surface area contributed by atoms with E-state index in [9.17, 15) is 0 Å². The van der Waals surface area contributed by atoms with E-state index in [1.165, 1.54) is 25.9 Å². The average molecular weight is 221 g/mol. The Hall–Kier alpha value is -0.870. The van der Waals surface area contributed by atoms with Gasteiger partial charge in [0.2, 0.25) is 0 Å². The third-order valence-corrected chi connectivity index (χ3v) is 3.75. The molecule has 4 heteroatoms. The fourth-order valence-corrected chi connectivity index (χ4v) is 2.59. The van der Waals surface area contributed by atoms with E-state index >= 15 is 0 Å². The Morgan fingerprint density at radius 1 is 1.25 bits per heavy atom. The summed E-state index contributed by atoms with van der Waals surface area (Å²) in [7, 11) is 0. The van der Waals surface area contributed by atoms with Gasteiger partial charge in [-0.2, -0.15) is 5.10 Å². The number of likely N-dealkylation sites (tertiary alicyclic amines) is 1. The van der Waals surface area contributed by atoms with Crippen molar-refractivity contribution >= 4 is 0 Å². The topological polar surface area (TPSA) is 30.3 Å². The summed E-state index contributed by atoms with van der Waals surface area (Å²) in [5.41, 5.74) is 1.12. The van der Waals surface area contributed by atoms with E-state index < -0.39 is 0 Å². The van der Waals surface area contributed by atoms with Crippen LogP contribution in [0.15, 0.2) is 12.3 Å². The Kier molecular flexibility index (Phi) is 2.69. The van der Waals surface area contributed by atoms with Gasteiger partial charge in [-0.15, -0.1) is 0 Å². The van der Waals surface area contributed by atoms with Crippen LogP contribution < -0.4 is 0 Å². The lowest BCUT2D eigenvalue weighted by Crippen LogP contribution is -2.51. The molecule has 2 aliphatic heterocycles. The molecule has 88 valence electrons. The van der Waals surface area contributed by atoms with Crippen molar-refractivity contribution in [3.05, 3.63) is 18.0 Å². The normalized spacial score (nSPS) is 24.6. The molecule has 4 nitrogen and oxygen atoms in total. The zero-order valence-corrected chi connectivity index (χ0v) is 9.80. The van der Waals surface area contributed by atoms with Gasteiger partial charge >= 0.3 is 0 Å². The molecule has 0 aromatic carbocycles. The minimum atomic E-state index is 0.603. The van der Waals surface area contributed by atoms with Gasteiger partial charge in [0.25, 0.3) is 0 Å². The van der Waals surface area contributed by atoms with Crippen molar-refractivity contribution in [1.82, 2.24) is 14.7 Å². The first kappa shape index (κ1) is 10.3. The molecule has 0 aliphatic carbocycles. The van der Waals surface area contributed by atoms with Crippen molar-refractivity contribution in [2.24, 2.45) is 0 Å². The van der Waals surface area contributed by atoms with Crippen molar-refractivity contribution in [3.63, 3.8) is 0 Å². The van der Waals surface area contributed by atoms with E-state index in [0.29, 0.717) is 12.1 Å². The molecule has 3 heterocycles. The number of nitrogens with zero attached hydrogens (tertiary/aromatic N) is 3. The number of hydrogen-bond donors (Lipinski definition) is 0. The van der Waals surface area contributed by atoms with Crippen LogP contribution in [-0.4, -0.2) is 47.0 Å². The summed E-state index contributed by atoms with van der Waals surface area (Å²) in [6.07, 6.45) is 4.55. The molecule has 2 fully saturated rings. The highest BCUT2D eigenvalue weighted by atomic mass is 16.5. The predicted molar refractivity (Wildman–Crippen MR) is 61.4 cm³/mol. The van der Waals surface area contributed by atoms with Gasteiger partial charge in [0.1, 0.15) is 0 Å². The van der Waals surface area contributed by atoms with Crippen LogP contribution in [0.4, 0.5) is 0 Å². The van der Waals surface area contributed by atoms with E-state index in [0.717, 1.165) is 18.9 Å². The third-order valence-electron chi connectivity index (χ3n) is 3.75. The molecule has 1 aromatic rings. The summed E-state index contributed by atoms with van der Waals surface area (Å²) >= 11 is 0. The third kappa shape index (κ3) is 1.87. The van der Waals surface area contributed by atoms with E-state index in [1.807, 2.05) is 0 Å². The van der Waals surface area contributed by atoms with Gasteiger partial charge in [-0.25, -0.2) is 0 Å². The van der Waals surface area contributed by atoms with Crippen LogP contribution in [0.2, 0.25) is 0 Å². The Labute approximate surface area is 96.2 Å². The molecule has 2 saturated heterocycles. The van der Waals surface area contributed by atoms with Crippen LogP contribution in [0.5, 0.6) is 0 Å². The number of hydrogen-bond acceptors (Lipinski definition) is 3. The zero-order chi connectivity index (χ0) is 11.0. The molecular weight excluding hydrogens is 202 g/mol. The monoisotopic (exact) mass is 221 g/mol. The SMILES string of the molecule is Cc1ccn(C2CCN(C3COC3)CC2)n1. The van der Waals surface area contributed by atoms with Crippen LogP contribution >= 0.6 is 0 Å². The Morgan fingerprint density at radius 3 is 2.50 bits per heavy atom. The first-order valence-corrected chi connectivity index (χ1v) is 6.16. The summed E-state index contributed by atoms with van der Waals surface area (Å²) in [4.78, 5) is 2.57. The number of aromatic nitrogens is 2. The van der Waals surface area contributed by atoms with Crippen LogP contribution in [0.25, 0.3) is 0 Å². The van der Waals surface area contributed by atoms with Crippen LogP contribution in [-0.2, 0) is 4.74 Å². The fourth-order valence-electron chi connectivity index (χ4n) is 2.59. The number of piperidine rings is 1. The fraction of sp³-hybridized carbons (Fsp3) is 0.750. The molecular formula is C12H19N3O. The second-order valence-electron chi connectivity index (χ2n) is 4.90. The molecule has 3 rings (SSSR count). The standard InChI is InChI=1S/C12H19N3O/c1-10-2-7-15(13-10)11-3-5-14(6-4-11)12-8-16-9-12/h2,7,11-12H,3-6,8-9H2,1H3. The van der Waals surface area contributed by atoms with Gasteiger partial charge < -0.3 is 4.74 Å². The molecule has 0 atom stereocenters. The summed E-state index contributed by atoms with van der Waals surface area (Å²) in [6.45, 7) is 6.31. The van der Waals surface area contributed by atoms with Crippen molar-refractivity contribution in [3.8, 4) is 0 Å². The maximum atomic E-state index is 5.24. The smallest absolute Gasteiger partial charge is 0.0645 e. The van der Waals surface area contributed by atoms with Crippen molar-refractivity contribution < 1.29 is 4.74 Å². The van der Waals surface area contributed by atoms with Gasteiger partial charge in [0.15, 0.2) is 0 Å². The molecule has 2 aliphatic rings. The van der Waals surface area contributed by atoms with Gasteiger partial charge in [-0.05, 0) is 25.8 Å². The Morgan fingerprint density at radius 2 is 2.00 bits per heavy atom. The van der Waals surface area contributed by atoms with Crippen LogP contribution in [0.3, 0.4) is 0 Å². The van der Waals surface area contributed by atoms with E-state index in [2.05, 4.69) is 33.9 Å². The second kappa shape index (κ2) is 4.18. The summed E-state index contributed by atoms with van der Waals surface area (Å²) in [5, 5.41) is 4.51. The Bertz CT molecular complexity index is 351. The van der Waals surface area contributed by atoms with E-state index in [4.69, 9.17) is 4.74 Å².